The number of nitrogens with zero attached hydrogens (tertiary/aromatic N) is 4. The SMILES string of the molecule is O=C(CC1CCCN(c2nc3ncccc3o2)C1)N1CCS(=O)(=O)CC1. The topological polar surface area (TPSA) is 96.6 Å². The Morgan fingerprint density at radius 3 is 2.85 bits per heavy atom. The highest BCUT2D eigenvalue weighted by atomic mass is 32.2. The zero-order valence-electron chi connectivity index (χ0n) is 14.5. The van der Waals surface area contributed by atoms with Crippen LogP contribution in [-0.4, -0.2) is 66.9 Å². The lowest BCUT2D eigenvalue weighted by atomic mass is 9.94. The molecular weight excluding hydrogens is 356 g/mol. The van der Waals surface area contributed by atoms with Crippen LogP contribution in [0.25, 0.3) is 11.2 Å². The van der Waals surface area contributed by atoms with E-state index in [0.717, 1.165) is 19.4 Å². The van der Waals surface area contributed by atoms with Gasteiger partial charge in [0, 0.05) is 38.8 Å². The maximum absolute atomic E-state index is 12.5. The molecule has 0 aromatic carbocycles. The number of sulfone groups is 1. The highest BCUT2D eigenvalue weighted by Gasteiger charge is 2.29. The normalized spacial score (nSPS) is 23.3. The van der Waals surface area contributed by atoms with Crippen LogP contribution in [0.2, 0.25) is 0 Å². The Morgan fingerprint density at radius 2 is 2.08 bits per heavy atom. The number of hydrogen-bond acceptors (Lipinski definition) is 7. The molecule has 2 aliphatic heterocycles. The summed E-state index contributed by atoms with van der Waals surface area (Å²) < 4.78 is 28.8. The molecule has 2 saturated heterocycles. The predicted molar refractivity (Wildman–Crippen MR) is 96.6 cm³/mol. The minimum absolute atomic E-state index is 0.0472. The Labute approximate surface area is 152 Å². The molecule has 0 aliphatic carbocycles. The number of oxazole rings is 1. The van der Waals surface area contributed by atoms with E-state index in [1.807, 2.05) is 12.1 Å². The van der Waals surface area contributed by atoms with Gasteiger partial charge in [-0.25, -0.2) is 13.4 Å². The molecule has 9 heteroatoms. The first-order valence-corrected chi connectivity index (χ1v) is 10.8. The van der Waals surface area contributed by atoms with E-state index in [-0.39, 0.29) is 23.3 Å². The number of hydrogen-bond donors (Lipinski definition) is 0. The summed E-state index contributed by atoms with van der Waals surface area (Å²) >= 11 is 0. The largest absolute Gasteiger partial charge is 0.422 e. The van der Waals surface area contributed by atoms with Crippen molar-refractivity contribution in [3.63, 3.8) is 0 Å². The van der Waals surface area contributed by atoms with Gasteiger partial charge < -0.3 is 14.2 Å². The predicted octanol–water partition coefficient (Wildman–Crippen LogP) is 1.09. The second-order valence-electron chi connectivity index (χ2n) is 7.01. The minimum atomic E-state index is -2.97. The average Bonchev–Trinajstić information content (AvgIpc) is 3.06. The highest BCUT2D eigenvalue weighted by Crippen LogP contribution is 2.27. The summed E-state index contributed by atoms with van der Waals surface area (Å²) in [5.74, 6) is 0.417. The van der Waals surface area contributed by atoms with Crippen molar-refractivity contribution in [3.05, 3.63) is 18.3 Å². The standard InChI is InChI=1S/C17H22N4O4S/c22-15(20-7-9-26(23,24)10-8-20)11-13-3-2-6-21(12-13)17-19-16-14(25-17)4-1-5-18-16/h1,4-5,13H,2-3,6-12H2. The molecule has 0 saturated carbocycles. The van der Waals surface area contributed by atoms with Crippen molar-refractivity contribution in [2.75, 3.05) is 42.6 Å². The van der Waals surface area contributed by atoms with Crippen molar-refractivity contribution >= 4 is 33.0 Å². The second kappa shape index (κ2) is 6.86. The number of rotatable bonds is 3. The van der Waals surface area contributed by atoms with Gasteiger partial charge in [-0.3, -0.25) is 4.79 Å². The second-order valence-corrected chi connectivity index (χ2v) is 9.32. The van der Waals surface area contributed by atoms with E-state index in [4.69, 9.17) is 4.42 Å². The maximum atomic E-state index is 12.5. The van der Waals surface area contributed by atoms with Crippen LogP contribution in [0.5, 0.6) is 0 Å². The molecule has 2 aromatic rings. The first-order chi connectivity index (χ1) is 12.5. The third-order valence-corrected chi connectivity index (χ3v) is 6.71. The third kappa shape index (κ3) is 3.67. The van der Waals surface area contributed by atoms with Gasteiger partial charge in [0.05, 0.1) is 11.5 Å². The van der Waals surface area contributed by atoms with E-state index in [1.165, 1.54) is 0 Å². The van der Waals surface area contributed by atoms with Crippen molar-refractivity contribution in [1.82, 2.24) is 14.9 Å². The Morgan fingerprint density at radius 1 is 1.27 bits per heavy atom. The number of anilines is 1. The van der Waals surface area contributed by atoms with Gasteiger partial charge in [-0.2, -0.15) is 4.98 Å². The summed E-state index contributed by atoms with van der Waals surface area (Å²) in [7, 11) is -2.97. The quantitative estimate of drug-likeness (QED) is 0.788. The number of aromatic nitrogens is 2. The van der Waals surface area contributed by atoms with Gasteiger partial charge in [0.2, 0.25) is 11.6 Å². The van der Waals surface area contributed by atoms with Crippen LogP contribution in [-0.2, 0) is 14.6 Å². The van der Waals surface area contributed by atoms with Crippen LogP contribution in [0.3, 0.4) is 0 Å². The lowest BCUT2D eigenvalue weighted by Gasteiger charge is -2.33. The van der Waals surface area contributed by atoms with E-state index in [1.54, 1.807) is 11.1 Å². The van der Waals surface area contributed by atoms with Gasteiger partial charge >= 0.3 is 0 Å². The Bertz CT molecular complexity index is 863. The summed E-state index contributed by atoms with van der Waals surface area (Å²) in [4.78, 5) is 24.9. The summed E-state index contributed by atoms with van der Waals surface area (Å²) in [6, 6.07) is 4.21. The lowest BCUT2D eigenvalue weighted by molar-refractivity contribution is -0.131. The molecule has 0 N–H and O–H groups in total. The number of piperidine rings is 1. The monoisotopic (exact) mass is 378 g/mol. The molecule has 4 heterocycles. The van der Waals surface area contributed by atoms with Gasteiger partial charge in [0.25, 0.3) is 6.01 Å². The number of pyridine rings is 1. The fraction of sp³-hybridized carbons (Fsp3) is 0.588. The molecule has 4 rings (SSSR count). The fourth-order valence-corrected chi connectivity index (χ4v) is 4.84. The number of carbonyl (C=O) groups is 1. The highest BCUT2D eigenvalue weighted by molar-refractivity contribution is 7.91. The number of carbonyl (C=O) groups excluding carboxylic acids is 1. The third-order valence-electron chi connectivity index (χ3n) is 5.10. The van der Waals surface area contributed by atoms with Crippen LogP contribution in [0, 0.1) is 5.92 Å². The molecule has 1 atom stereocenters. The van der Waals surface area contributed by atoms with Gasteiger partial charge in [0.15, 0.2) is 15.4 Å². The Hall–Kier alpha value is -2.16. The van der Waals surface area contributed by atoms with E-state index >= 15 is 0 Å². The van der Waals surface area contributed by atoms with Crippen LogP contribution in [0.1, 0.15) is 19.3 Å². The van der Waals surface area contributed by atoms with Gasteiger partial charge in [-0.1, -0.05) is 0 Å². The van der Waals surface area contributed by atoms with E-state index in [9.17, 15) is 13.2 Å². The Kier molecular flexibility index (Phi) is 4.56. The molecule has 2 aromatic heterocycles. The van der Waals surface area contributed by atoms with E-state index in [2.05, 4.69) is 14.9 Å². The van der Waals surface area contributed by atoms with Crippen molar-refractivity contribution < 1.29 is 17.6 Å². The molecule has 2 aliphatic rings. The summed E-state index contributed by atoms with van der Waals surface area (Å²) in [6.45, 7) is 2.19. The molecule has 1 amide bonds. The Balaban J connectivity index is 1.38. The minimum Gasteiger partial charge on any atom is -0.422 e. The van der Waals surface area contributed by atoms with Crippen molar-refractivity contribution in [3.8, 4) is 0 Å². The smallest absolute Gasteiger partial charge is 0.299 e. The van der Waals surface area contributed by atoms with Crippen LogP contribution < -0.4 is 4.90 Å². The summed E-state index contributed by atoms with van der Waals surface area (Å²) in [6.07, 6.45) is 4.07. The van der Waals surface area contributed by atoms with Crippen molar-refractivity contribution in [2.24, 2.45) is 5.92 Å². The first-order valence-electron chi connectivity index (χ1n) is 8.95. The summed E-state index contributed by atoms with van der Waals surface area (Å²) in [5.41, 5.74) is 1.26. The molecule has 0 bridgehead atoms. The van der Waals surface area contributed by atoms with Crippen molar-refractivity contribution in [2.45, 2.75) is 19.3 Å². The van der Waals surface area contributed by atoms with Gasteiger partial charge in [-0.15, -0.1) is 0 Å². The number of amides is 1. The van der Waals surface area contributed by atoms with Crippen LogP contribution in [0.15, 0.2) is 22.7 Å². The molecule has 140 valence electrons. The van der Waals surface area contributed by atoms with Crippen LogP contribution >= 0.6 is 0 Å². The molecule has 1 unspecified atom stereocenters. The fourth-order valence-electron chi connectivity index (χ4n) is 3.64. The lowest BCUT2D eigenvalue weighted by Crippen LogP contribution is -2.45. The maximum Gasteiger partial charge on any atom is 0.299 e. The van der Waals surface area contributed by atoms with Gasteiger partial charge in [0.1, 0.15) is 0 Å². The summed E-state index contributed by atoms with van der Waals surface area (Å²) in [5, 5.41) is 0. The van der Waals surface area contributed by atoms with E-state index in [0.29, 0.717) is 43.3 Å². The number of fused-ring (bicyclic) bond motifs is 1. The molecule has 26 heavy (non-hydrogen) atoms. The van der Waals surface area contributed by atoms with Crippen molar-refractivity contribution in [1.29, 1.82) is 0 Å². The van der Waals surface area contributed by atoms with Gasteiger partial charge in [-0.05, 0) is 30.9 Å². The molecule has 8 nitrogen and oxygen atoms in total. The zero-order chi connectivity index (χ0) is 18.1. The van der Waals surface area contributed by atoms with E-state index < -0.39 is 9.84 Å². The average molecular weight is 378 g/mol. The zero-order valence-corrected chi connectivity index (χ0v) is 15.3. The molecule has 0 spiro atoms. The van der Waals surface area contributed by atoms with Crippen LogP contribution in [0.4, 0.5) is 6.01 Å². The molecule has 0 radical (unpaired) electrons. The molecule has 2 fully saturated rings. The molecular formula is C17H22N4O4S. The first kappa shape index (κ1) is 17.3.